The van der Waals surface area contributed by atoms with Crippen LogP contribution in [-0.2, 0) is 9.59 Å². The Morgan fingerprint density at radius 1 is 1.11 bits per heavy atom. The average Bonchev–Trinajstić information content (AvgIpc) is 2.39. The predicted octanol–water partition coefficient (Wildman–Crippen LogP) is -1.41. The fourth-order valence-electron chi connectivity index (χ4n) is 0.824. The van der Waals surface area contributed by atoms with Crippen LogP contribution in [-0.4, -0.2) is 11.8 Å². The molecule has 0 radical (unpaired) electrons. The van der Waals surface area contributed by atoms with E-state index < -0.39 is 11.8 Å². The normalized spacial score (nSPS) is 31.6. The van der Waals surface area contributed by atoms with Crippen LogP contribution < -0.4 is 11.5 Å². The molecule has 1 saturated carbocycles. The molecule has 0 aliphatic heterocycles. The lowest BCUT2D eigenvalue weighted by Crippen LogP contribution is -2.20. The molecule has 1 fully saturated rings. The average molecular weight is 128 g/mol. The highest BCUT2D eigenvalue weighted by Gasteiger charge is 2.45. The van der Waals surface area contributed by atoms with E-state index in [1.165, 1.54) is 0 Å². The molecule has 2 atom stereocenters. The third-order valence-electron chi connectivity index (χ3n) is 1.52. The van der Waals surface area contributed by atoms with Crippen molar-refractivity contribution in [3.05, 3.63) is 0 Å². The molecule has 0 aromatic heterocycles. The third kappa shape index (κ3) is 1.01. The van der Waals surface area contributed by atoms with Crippen LogP contribution in [0.2, 0.25) is 0 Å². The second kappa shape index (κ2) is 1.72. The zero-order chi connectivity index (χ0) is 7.02. The van der Waals surface area contributed by atoms with E-state index in [9.17, 15) is 9.59 Å². The summed E-state index contributed by atoms with van der Waals surface area (Å²) in [5.74, 6) is -1.39. The fraction of sp³-hybridized carbons (Fsp3) is 0.600. The zero-order valence-electron chi connectivity index (χ0n) is 4.83. The molecule has 0 spiro atoms. The maximum Gasteiger partial charge on any atom is 0.221 e. The summed E-state index contributed by atoms with van der Waals surface area (Å²) in [6, 6.07) is 0. The van der Waals surface area contributed by atoms with Crippen molar-refractivity contribution in [2.75, 3.05) is 0 Å². The standard InChI is InChI=1S/C5H8N2O2/c6-4(8)2-1-3(2)5(7)9/h2-3H,1H2,(H2,6,8)(H2,7,9)/t2-,3?/m0/s1. The number of amides is 2. The molecule has 4 nitrogen and oxygen atoms in total. The Labute approximate surface area is 52.2 Å². The second-order valence-electron chi connectivity index (χ2n) is 2.25. The largest absolute Gasteiger partial charge is 0.369 e. The molecule has 2 amide bonds. The monoisotopic (exact) mass is 128 g/mol. The lowest BCUT2D eigenvalue weighted by Gasteiger charge is -1.86. The van der Waals surface area contributed by atoms with Crippen molar-refractivity contribution in [1.29, 1.82) is 0 Å². The van der Waals surface area contributed by atoms with Crippen LogP contribution in [0, 0.1) is 11.8 Å². The van der Waals surface area contributed by atoms with Crippen molar-refractivity contribution in [3.63, 3.8) is 0 Å². The fourth-order valence-corrected chi connectivity index (χ4v) is 0.824. The van der Waals surface area contributed by atoms with E-state index in [2.05, 4.69) is 0 Å². The van der Waals surface area contributed by atoms with Crippen LogP contribution >= 0.6 is 0 Å². The van der Waals surface area contributed by atoms with Crippen LogP contribution in [0.3, 0.4) is 0 Å². The van der Waals surface area contributed by atoms with Crippen LogP contribution in [0.15, 0.2) is 0 Å². The minimum atomic E-state index is -0.418. The summed E-state index contributed by atoms with van der Waals surface area (Å²) < 4.78 is 0. The molecule has 0 bridgehead atoms. The molecule has 9 heavy (non-hydrogen) atoms. The van der Waals surface area contributed by atoms with Gasteiger partial charge in [0, 0.05) is 0 Å². The van der Waals surface area contributed by atoms with Gasteiger partial charge < -0.3 is 11.5 Å². The molecule has 0 heterocycles. The van der Waals surface area contributed by atoms with Gasteiger partial charge in [-0.2, -0.15) is 0 Å². The quantitative estimate of drug-likeness (QED) is 0.478. The summed E-state index contributed by atoms with van der Waals surface area (Å²) in [6.07, 6.45) is 0.546. The van der Waals surface area contributed by atoms with Gasteiger partial charge in [0.2, 0.25) is 11.8 Å². The number of nitrogens with two attached hydrogens (primary N) is 2. The molecule has 1 rings (SSSR count). The smallest absolute Gasteiger partial charge is 0.221 e. The van der Waals surface area contributed by atoms with Gasteiger partial charge in [0.25, 0.3) is 0 Å². The molecule has 1 aliphatic rings. The Bertz CT molecular complexity index is 148. The molecule has 1 aliphatic carbocycles. The topological polar surface area (TPSA) is 86.2 Å². The predicted molar refractivity (Wildman–Crippen MR) is 30.0 cm³/mol. The lowest BCUT2D eigenvalue weighted by molar-refractivity contribution is -0.124. The molecule has 4 N–H and O–H groups in total. The van der Waals surface area contributed by atoms with Crippen molar-refractivity contribution < 1.29 is 9.59 Å². The minimum Gasteiger partial charge on any atom is -0.369 e. The number of hydrogen-bond donors (Lipinski definition) is 2. The third-order valence-corrected chi connectivity index (χ3v) is 1.52. The van der Waals surface area contributed by atoms with Crippen molar-refractivity contribution in [2.45, 2.75) is 6.42 Å². The Hall–Kier alpha value is -1.06. The van der Waals surface area contributed by atoms with Gasteiger partial charge in [-0.25, -0.2) is 0 Å². The highest BCUT2D eigenvalue weighted by atomic mass is 16.2. The van der Waals surface area contributed by atoms with E-state index in [1.54, 1.807) is 0 Å². The van der Waals surface area contributed by atoms with Crippen LogP contribution in [0.4, 0.5) is 0 Å². The van der Waals surface area contributed by atoms with E-state index in [-0.39, 0.29) is 11.8 Å². The van der Waals surface area contributed by atoms with E-state index in [1.807, 2.05) is 0 Å². The Morgan fingerprint density at radius 3 is 1.56 bits per heavy atom. The molecule has 0 saturated heterocycles. The lowest BCUT2D eigenvalue weighted by atomic mass is 10.3. The van der Waals surface area contributed by atoms with Crippen molar-refractivity contribution in [2.24, 2.45) is 23.3 Å². The Balaban J connectivity index is 2.42. The molecule has 4 heteroatoms. The van der Waals surface area contributed by atoms with Gasteiger partial charge in [0.1, 0.15) is 0 Å². The first-order valence-corrected chi connectivity index (χ1v) is 2.71. The molecular formula is C5H8N2O2. The summed E-state index contributed by atoms with van der Waals surface area (Å²) >= 11 is 0. The van der Waals surface area contributed by atoms with Crippen LogP contribution in [0.25, 0.3) is 0 Å². The minimum absolute atomic E-state index is 0.275. The van der Waals surface area contributed by atoms with Gasteiger partial charge in [0.05, 0.1) is 11.8 Å². The summed E-state index contributed by atoms with van der Waals surface area (Å²) in [7, 11) is 0. The maximum absolute atomic E-state index is 10.3. The first-order chi connectivity index (χ1) is 4.13. The first kappa shape index (κ1) is 6.07. The van der Waals surface area contributed by atoms with E-state index >= 15 is 0 Å². The molecule has 0 aromatic carbocycles. The summed E-state index contributed by atoms with van der Waals surface area (Å²) in [6.45, 7) is 0. The molecule has 0 aromatic rings. The Morgan fingerprint density at radius 2 is 1.44 bits per heavy atom. The van der Waals surface area contributed by atoms with Gasteiger partial charge in [-0.15, -0.1) is 0 Å². The molecular weight excluding hydrogens is 120 g/mol. The van der Waals surface area contributed by atoms with Gasteiger partial charge in [-0.3, -0.25) is 9.59 Å². The number of carbonyl (C=O) groups is 2. The highest BCUT2D eigenvalue weighted by Crippen LogP contribution is 2.37. The summed E-state index contributed by atoms with van der Waals surface area (Å²) in [5.41, 5.74) is 9.76. The first-order valence-electron chi connectivity index (χ1n) is 2.71. The molecule has 50 valence electrons. The number of carbonyl (C=O) groups excluding carboxylic acids is 2. The summed E-state index contributed by atoms with van der Waals surface area (Å²) in [4.78, 5) is 20.6. The van der Waals surface area contributed by atoms with E-state index in [4.69, 9.17) is 11.5 Å². The number of rotatable bonds is 2. The maximum atomic E-state index is 10.3. The van der Waals surface area contributed by atoms with E-state index in [0.29, 0.717) is 6.42 Å². The van der Waals surface area contributed by atoms with Gasteiger partial charge in [-0.1, -0.05) is 0 Å². The summed E-state index contributed by atoms with van der Waals surface area (Å²) in [5, 5.41) is 0. The number of primary amides is 2. The van der Waals surface area contributed by atoms with E-state index in [0.717, 1.165) is 0 Å². The molecule has 1 unspecified atom stereocenters. The zero-order valence-corrected chi connectivity index (χ0v) is 4.83. The van der Waals surface area contributed by atoms with Crippen LogP contribution in [0.5, 0.6) is 0 Å². The van der Waals surface area contributed by atoms with Crippen molar-refractivity contribution in [1.82, 2.24) is 0 Å². The highest BCUT2D eigenvalue weighted by molar-refractivity contribution is 5.90. The second-order valence-corrected chi connectivity index (χ2v) is 2.25. The van der Waals surface area contributed by atoms with Gasteiger partial charge in [-0.05, 0) is 6.42 Å². The SMILES string of the molecule is NC(=O)C1C[C@@H]1C(N)=O. The van der Waals surface area contributed by atoms with Crippen LogP contribution in [0.1, 0.15) is 6.42 Å². The van der Waals surface area contributed by atoms with Crippen molar-refractivity contribution in [3.8, 4) is 0 Å². The van der Waals surface area contributed by atoms with Gasteiger partial charge in [0.15, 0.2) is 0 Å². The Kier molecular flexibility index (Phi) is 1.16. The number of hydrogen-bond acceptors (Lipinski definition) is 2. The van der Waals surface area contributed by atoms with Gasteiger partial charge >= 0.3 is 0 Å². The van der Waals surface area contributed by atoms with Crippen molar-refractivity contribution >= 4 is 11.8 Å².